The normalized spacial score (nSPS) is 17.6. The molecule has 0 amide bonds. The molecule has 1 unspecified atom stereocenters. The first-order valence-electron chi connectivity index (χ1n) is 6.69. The van der Waals surface area contributed by atoms with E-state index < -0.39 is 0 Å². The van der Waals surface area contributed by atoms with Crippen LogP contribution in [0.15, 0.2) is 42.5 Å². The lowest BCUT2D eigenvalue weighted by molar-refractivity contribution is -0.00444. The molecule has 2 N–H and O–H groups in total. The summed E-state index contributed by atoms with van der Waals surface area (Å²) in [5, 5.41) is 2.50. The molecule has 2 nitrogen and oxygen atoms in total. The summed E-state index contributed by atoms with van der Waals surface area (Å²) in [5.41, 5.74) is 7.35. The fourth-order valence-electron chi connectivity index (χ4n) is 2.31. The zero-order valence-electron chi connectivity index (χ0n) is 10.5. The number of hydrogen-bond donors (Lipinski definition) is 1. The summed E-state index contributed by atoms with van der Waals surface area (Å²) in [4.78, 5) is 0. The predicted octanol–water partition coefficient (Wildman–Crippen LogP) is 3.41. The predicted molar refractivity (Wildman–Crippen MR) is 74.5 cm³/mol. The summed E-state index contributed by atoms with van der Waals surface area (Å²) in [6.45, 7) is 0.628. The van der Waals surface area contributed by atoms with E-state index in [0.29, 0.717) is 12.7 Å². The molecule has 2 aromatic carbocycles. The minimum atomic E-state index is -0.0183. The van der Waals surface area contributed by atoms with Gasteiger partial charge in [0, 0.05) is 0 Å². The molecule has 94 valence electrons. The smallest absolute Gasteiger partial charge is 0.0663 e. The Labute approximate surface area is 108 Å². The van der Waals surface area contributed by atoms with Gasteiger partial charge in [0.2, 0.25) is 0 Å². The molecule has 0 saturated heterocycles. The molecule has 18 heavy (non-hydrogen) atoms. The Morgan fingerprint density at radius 1 is 1.11 bits per heavy atom. The van der Waals surface area contributed by atoms with Gasteiger partial charge in [-0.15, -0.1) is 0 Å². The Hall–Kier alpha value is -1.38. The second-order valence-corrected chi connectivity index (χ2v) is 5.10. The van der Waals surface area contributed by atoms with E-state index in [1.165, 1.54) is 30.0 Å². The minimum Gasteiger partial charge on any atom is -0.376 e. The van der Waals surface area contributed by atoms with Gasteiger partial charge in [0.05, 0.1) is 18.8 Å². The molecule has 1 aliphatic carbocycles. The summed E-state index contributed by atoms with van der Waals surface area (Å²) < 4.78 is 5.78. The third kappa shape index (κ3) is 2.40. The Morgan fingerprint density at radius 2 is 1.89 bits per heavy atom. The SMILES string of the molecule is NC(COC1CCC1)c1ccc2ccccc2c1. The Morgan fingerprint density at radius 3 is 2.61 bits per heavy atom. The molecule has 0 spiro atoms. The number of benzene rings is 2. The molecule has 0 aliphatic heterocycles. The van der Waals surface area contributed by atoms with Crippen molar-refractivity contribution in [1.82, 2.24) is 0 Å². The van der Waals surface area contributed by atoms with Crippen LogP contribution in [0.1, 0.15) is 30.9 Å². The number of rotatable bonds is 4. The first-order chi connectivity index (χ1) is 8.83. The molecule has 0 bridgehead atoms. The molecule has 0 heterocycles. The van der Waals surface area contributed by atoms with E-state index in [9.17, 15) is 0 Å². The molecule has 0 radical (unpaired) electrons. The number of fused-ring (bicyclic) bond motifs is 1. The van der Waals surface area contributed by atoms with Crippen LogP contribution in [-0.4, -0.2) is 12.7 Å². The highest BCUT2D eigenvalue weighted by Gasteiger charge is 2.19. The molecule has 0 aromatic heterocycles. The maximum absolute atomic E-state index is 6.19. The molecule has 1 atom stereocenters. The Balaban J connectivity index is 1.71. The lowest BCUT2D eigenvalue weighted by Crippen LogP contribution is -2.26. The Bertz CT molecular complexity index is 533. The van der Waals surface area contributed by atoms with Crippen LogP contribution in [0.25, 0.3) is 10.8 Å². The first-order valence-corrected chi connectivity index (χ1v) is 6.69. The van der Waals surface area contributed by atoms with Crippen LogP contribution in [-0.2, 0) is 4.74 Å². The topological polar surface area (TPSA) is 35.2 Å². The van der Waals surface area contributed by atoms with Crippen LogP contribution in [0.5, 0.6) is 0 Å². The van der Waals surface area contributed by atoms with Gasteiger partial charge in [0.1, 0.15) is 0 Å². The molecule has 2 aromatic rings. The van der Waals surface area contributed by atoms with Gasteiger partial charge in [-0.2, -0.15) is 0 Å². The van der Waals surface area contributed by atoms with Crippen LogP contribution >= 0.6 is 0 Å². The van der Waals surface area contributed by atoms with Gasteiger partial charge in [-0.3, -0.25) is 0 Å². The number of nitrogens with two attached hydrogens (primary N) is 1. The summed E-state index contributed by atoms with van der Waals surface area (Å²) in [6.07, 6.45) is 4.15. The standard InChI is InChI=1S/C16H19NO/c17-16(11-18-15-6-3-7-15)14-9-8-12-4-1-2-5-13(12)10-14/h1-2,4-5,8-10,15-16H,3,6-7,11,17H2. The van der Waals surface area contributed by atoms with Crippen molar-refractivity contribution >= 4 is 10.8 Å². The summed E-state index contributed by atoms with van der Waals surface area (Å²) in [5.74, 6) is 0. The number of ether oxygens (including phenoxy) is 1. The molecule has 2 heteroatoms. The van der Waals surface area contributed by atoms with E-state index in [-0.39, 0.29) is 6.04 Å². The minimum absolute atomic E-state index is 0.0183. The molecule has 3 rings (SSSR count). The summed E-state index contributed by atoms with van der Waals surface area (Å²) in [7, 11) is 0. The molecule has 1 fully saturated rings. The van der Waals surface area contributed by atoms with E-state index in [1.807, 2.05) is 0 Å². The van der Waals surface area contributed by atoms with Gasteiger partial charge in [-0.1, -0.05) is 36.4 Å². The van der Waals surface area contributed by atoms with Crippen molar-refractivity contribution in [1.29, 1.82) is 0 Å². The maximum Gasteiger partial charge on any atom is 0.0663 e. The second kappa shape index (κ2) is 5.09. The van der Waals surface area contributed by atoms with Crippen molar-refractivity contribution in [3.05, 3.63) is 48.0 Å². The Kier molecular flexibility index (Phi) is 3.31. The zero-order chi connectivity index (χ0) is 12.4. The third-order valence-electron chi connectivity index (χ3n) is 3.77. The van der Waals surface area contributed by atoms with Gasteiger partial charge in [0.15, 0.2) is 0 Å². The van der Waals surface area contributed by atoms with Crippen molar-refractivity contribution in [3.8, 4) is 0 Å². The lowest BCUT2D eigenvalue weighted by Gasteiger charge is -2.27. The highest BCUT2D eigenvalue weighted by atomic mass is 16.5. The largest absolute Gasteiger partial charge is 0.376 e. The maximum atomic E-state index is 6.19. The van der Waals surface area contributed by atoms with Gasteiger partial charge in [0.25, 0.3) is 0 Å². The summed E-state index contributed by atoms with van der Waals surface area (Å²) >= 11 is 0. The molecular formula is C16H19NO. The monoisotopic (exact) mass is 241 g/mol. The van der Waals surface area contributed by atoms with Crippen LogP contribution in [0.2, 0.25) is 0 Å². The van der Waals surface area contributed by atoms with E-state index in [4.69, 9.17) is 10.5 Å². The van der Waals surface area contributed by atoms with Crippen molar-refractivity contribution in [2.45, 2.75) is 31.4 Å². The quantitative estimate of drug-likeness (QED) is 0.890. The van der Waals surface area contributed by atoms with Gasteiger partial charge >= 0.3 is 0 Å². The fraction of sp³-hybridized carbons (Fsp3) is 0.375. The highest BCUT2D eigenvalue weighted by Crippen LogP contribution is 2.24. The van der Waals surface area contributed by atoms with Crippen molar-refractivity contribution < 1.29 is 4.74 Å². The van der Waals surface area contributed by atoms with Crippen molar-refractivity contribution in [2.24, 2.45) is 5.73 Å². The van der Waals surface area contributed by atoms with Crippen LogP contribution < -0.4 is 5.73 Å². The third-order valence-corrected chi connectivity index (χ3v) is 3.77. The van der Waals surface area contributed by atoms with Gasteiger partial charge < -0.3 is 10.5 Å². The van der Waals surface area contributed by atoms with Crippen molar-refractivity contribution in [2.75, 3.05) is 6.61 Å². The highest BCUT2D eigenvalue weighted by molar-refractivity contribution is 5.83. The molecular weight excluding hydrogens is 222 g/mol. The molecule has 1 saturated carbocycles. The summed E-state index contributed by atoms with van der Waals surface area (Å²) in [6, 6.07) is 14.8. The first kappa shape index (κ1) is 11.7. The van der Waals surface area contributed by atoms with Crippen LogP contribution in [0.4, 0.5) is 0 Å². The van der Waals surface area contributed by atoms with Crippen molar-refractivity contribution in [3.63, 3.8) is 0 Å². The van der Waals surface area contributed by atoms with Crippen LogP contribution in [0.3, 0.4) is 0 Å². The van der Waals surface area contributed by atoms with E-state index in [2.05, 4.69) is 42.5 Å². The molecule has 1 aliphatic rings. The average Bonchev–Trinajstić information content (AvgIpc) is 2.36. The van der Waals surface area contributed by atoms with Crippen LogP contribution in [0, 0.1) is 0 Å². The second-order valence-electron chi connectivity index (χ2n) is 5.10. The van der Waals surface area contributed by atoms with E-state index >= 15 is 0 Å². The average molecular weight is 241 g/mol. The van der Waals surface area contributed by atoms with Gasteiger partial charge in [-0.05, 0) is 41.7 Å². The number of hydrogen-bond acceptors (Lipinski definition) is 2. The van der Waals surface area contributed by atoms with E-state index in [1.54, 1.807) is 0 Å². The lowest BCUT2D eigenvalue weighted by atomic mass is 9.96. The zero-order valence-corrected chi connectivity index (χ0v) is 10.5. The fourth-order valence-corrected chi connectivity index (χ4v) is 2.31. The van der Waals surface area contributed by atoms with E-state index in [0.717, 1.165) is 5.56 Å². The van der Waals surface area contributed by atoms with Gasteiger partial charge in [-0.25, -0.2) is 0 Å².